The molecular formula is C42H90NSi+. The molecule has 0 saturated carbocycles. The number of hydrogen-bond acceptors (Lipinski definition) is 0. The van der Waals surface area contributed by atoms with E-state index in [9.17, 15) is 0 Å². The van der Waals surface area contributed by atoms with Crippen LogP contribution in [-0.2, 0) is 0 Å². The highest BCUT2D eigenvalue weighted by Crippen LogP contribution is 2.18. The van der Waals surface area contributed by atoms with Gasteiger partial charge < -0.3 is 4.48 Å². The number of nitrogens with zero attached hydrogens (tertiary/aromatic N) is 1. The standard InChI is InChI=1S/C42H90NSi/c1-4-6-8-10-12-14-16-18-20-22-24-26-28-30-32-34-36-39-43(3,41-38-42-44)40-37-35-33-31-29-27-25-23-21-19-17-15-13-11-9-7-5-2/h4-42H2,1-3,44H3/q+1. The van der Waals surface area contributed by atoms with Crippen LogP contribution in [0.4, 0.5) is 0 Å². The van der Waals surface area contributed by atoms with Crippen LogP contribution < -0.4 is 0 Å². The molecular weight excluding hydrogens is 547 g/mol. The number of quaternary nitrogens is 1. The second-order valence-electron chi connectivity index (χ2n) is 15.5. The van der Waals surface area contributed by atoms with Gasteiger partial charge in [-0.2, -0.15) is 0 Å². The third kappa shape index (κ3) is 35.0. The molecule has 0 bridgehead atoms. The van der Waals surface area contributed by atoms with Crippen molar-refractivity contribution < 1.29 is 4.48 Å². The molecule has 0 amide bonds. The monoisotopic (exact) mass is 637 g/mol. The maximum atomic E-state index is 2.59. The van der Waals surface area contributed by atoms with Crippen LogP contribution in [0.3, 0.4) is 0 Å². The van der Waals surface area contributed by atoms with Gasteiger partial charge in [-0.25, -0.2) is 0 Å². The lowest BCUT2D eigenvalue weighted by Gasteiger charge is -2.35. The van der Waals surface area contributed by atoms with E-state index in [1.807, 2.05) is 0 Å². The minimum Gasteiger partial charge on any atom is -0.326 e. The Bertz CT molecular complexity index is 468. The second kappa shape index (κ2) is 37.6. The van der Waals surface area contributed by atoms with Crippen LogP contribution in [0.5, 0.6) is 0 Å². The van der Waals surface area contributed by atoms with E-state index in [4.69, 9.17) is 0 Å². The van der Waals surface area contributed by atoms with E-state index in [0.29, 0.717) is 0 Å². The van der Waals surface area contributed by atoms with Gasteiger partial charge >= 0.3 is 0 Å². The van der Waals surface area contributed by atoms with Crippen molar-refractivity contribution in [3.8, 4) is 0 Å². The van der Waals surface area contributed by atoms with E-state index in [1.54, 1.807) is 0 Å². The Kier molecular flexibility index (Phi) is 37.8. The Morgan fingerprint density at radius 1 is 0.273 bits per heavy atom. The lowest BCUT2D eigenvalue weighted by Crippen LogP contribution is -2.46. The number of hydrogen-bond donors (Lipinski definition) is 0. The van der Waals surface area contributed by atoms with Crippen LogP contribution in [0.15, 0.2) is 0 Å². The SMILES string of the molecule is CCCCCCCCCCCCCCCCCCC[N+](C)(CCC[SiH3])CCCCCCCCCCCCCCCCCCC. The summed E-state index contributed by atoms with van der Waals surface area (Å²) in [5, 5.41) is 0. The highest BCUT2D eigenvalue weighted by Gasteiger charge is 2.19. The molecule has 0 aromatic rings. The average Bonchev–Trinajstić information content (AvgIpc) is 3.03. The summed E-state index contributed by atoms with van der Waals surface area (Å²) in [4.78, 5) is 0. The molecule has 0 aliphatic heterocycles. The summed E-state index contributed by atoms with van der Waals surface area (Å²) in [7, 11) is 3.98. The molecule has 0 fully saturated rings. The molecule has 2 heteroatoms. The smallest absolute Gasteiger partial charge is 0.0784 e. The van der Waals surface area contributed by atoms with Crippen molar-refractivity contribution in [1.29, 1.82) is 0 Å². The molecule has 266 valence electrons. The topological polar surface area (TPSA) is 0 Å². The first-order chi connectivity index (χ1) is 21.7. The minimum atomic E-state index is 1.37. The molecule has 0 aromatic heterocycles. The fourth-order valence-corrected chi connectivity index (χ4v) is 7.63. The molecule has 0 spiro atoms. The van der Waals surface area contributed by atoms with E-state index in [1.165, 1.54) is 265 Å². The zero-order chi connectivity index (χ0) is 32.1. The van der Waals surface area contributed by atoms with Gasteiger partial charge in [0.1, 0.15) is 0 Å². The van der Waals surface area contributed by atoms with Gasteiger partial charge in [-0.3, -0.25) is 0 Å². The van der Waals surface area contributed by atoms with E-state index in [-0.39, 0.29) is 0 Å². The summed E-state index contributed by atoms with van der Waals surface area (Å²) < 4.78 is 1.37. The zero-order valence-corrected chi connectivity index (χ0v) is 34.0. The van der Waals surface area contributed by atoms with E-state index in [2.05, 4.69) is 20.9 Å². The summed E-state index contributed by atoms with van der Waals surface area (Å²) >= 11 is 0. The quantitative estimate of drug-likeness (QED) is 0.0358. The average molecular weight is 637 g/mol. The Balaban J connectivity index is 3.56. The van der Waals surface area contributed by atoms with Crippen molar-refractivity contribution in [3.05, 3.63) is 0 Å². The minimum absolute atomic E-state index is 1.37. The highest BCUT2D eigenvalue weighted by molar-refractivity contribution is 6.08. The van der Waals surface area contributed by atoms with Gasteiger partial charge in [0, 0.05) is 10.2 Å². The Labute approximate surface area is 285 Å². The molecule has 0 saturated heterocycles. The van der Waals surface area contributed by atoms with Gasteiger partial charge in [-0.15, -0.1) is 0 Å². The van der Waals surface area contributed by atoms with Crippen molar-refractivity contribution in [1.82, 2.24) is 0 Å². The van der Waals surface area contributed by atoms with Crippen LogP contribution in [0.1, 0.15) is 239 Å². The summed E-state index contributed by atoms with van der Waals surface area (Å²) in [6.07, 6.45) is 51.6. The fraction of sp³-hybridized carbons (Fsp3) is 1.00. The Hall–Kier alpha value is 0.177. The van der Waals surface area contributed by atoms with Crippen molar-refractivity contribution >= 4 is 10.2 Å². The first-order valence-corrected chi connectivity index (χ1v) is 22.9. The molecule has 0 radical (unpaired) electrons. The molecule has 0 rings (SSSR count). The van der Waals surface area contributed by atoms with Crippen molar-refractivity contribution in [2.45, 2.75) is 245 Å². The largest absolute Gasteiger partial charge is 0.326 e. The van der Waals surface area contributed by atoms with E-state index < -0.39 is 0 Å². The molecule has 0 aliphatic carbocycles. The number of unbranched alkanes of at least 4 members (excludes halogenated alkanes) is 32. The molecule has 0 aromatic carbocycles. The van der Waals surface area contributed by atoms with Gasteiger partial charge in [0.05, 0.1) is 26.7 Å². The normalized spacial score (nSPS) is 12.1. The third-order valence-electron chi connectivity index (χ3n) is 10.7. The van der Waals surface area contributed by atoms with Crippen molar-refractivity contribution in [2.75, 3.05) is 26.7 Å². The summed E-state index contributed by atoms with van der Waals surface area (Å²) in [6, 6.07) is 1.49. The molecule has 0 atom stereocenters. The third-order valence-corrected chi connectivity index (χ3v) is 11.4. The summed E-state index contributed by atoms with van der Waals surface area (Å²) in [5.41, 5.74) is 0. The van der Waals surface area contributed by atoms with Crippen LogP contribution >= 0.6 is 0 Å². The molecule has 0 N–H and O–H groups in total. The fourth-order valence-electron chi connectivity index (χ4n) is 7.31. The second-order valence-corrected chi connectivity index (χ2v) is 16.5. The first kappa shape index (κ1) is 44.2. The lowest BCUT2D eigenvalue weighted by molar-refractivity contribution is -0.910. The molecule has 0 unspecified atom stereocenters. The molecule has 1 nitrogen and oxygen atoms in total. The molecule has 0 aliphatic rings. The molecule has 0 heterocycles. The predicted molar refractivity (Wildman–Crippen MR) is 208 cm³/mol. The Morgan fingerprint density at radius 2 is 0.455 bits per heavy atom. The van der Waals surface area contributed by atoms with E-state index in [0.717, 1.165) is 0 Å². The predicted octanol–water partition coefficient (Wildman–Crippen LogP) is 13.9. The van der Waals surface area contributed by atoms with Crippen LogP contribution in [0.25, 0.3) is 0 Å². The maximum absolute atomic E-state index is 2.59. The van der Waals surface area contributed by atoms with Gasteiger partial charge in [0.25, 0.3) is 0 Å². The van der Waals surface area contributed by atoms with Gasteiger partial charge in [-0.05, 0) is 32.1 Å². The van der Waals surface area contributed by atoms with Crippen LogP contribution in [0, 0.1) is 0 Å². The Morgan fingerprint density at radius 3 is 0.659 bits per heavy atom. The van der Waals surface area contributed by atoms with Gasteiger partial charge in [0.15, 0.2) is 0 Å². The van der Waals surface area contributed by atoms with Crippen molar-refractivity contribution in [2.24, 2.45) is 0 Å². The summed E-state index contributed by atoms with van der Waals surface area (Å²) in [6.45, 7) is 8.96. The first-order valence-electron chi connectivity index (χ1n) is 21.5. The van der Waals surface area contributed by atoms with Gasteiger partial charge in [-0.1, -0.05) is 213 Å². The molecule has 44 heavy (non-hydrogen) atoms. The highest BCUT2D eigenvalue weighted by atomic mass is 28.1. The van der Waals surface area contributed by atoms with Crippen molar-refractivity contribution in [3.63, 3.8) is 0 Å². The zero-order valence-electron chi connectivity index (χ0n) is 32.0. The number of rotatable bonds is 39. The van der Waals surface area contributed by atoms with Gasteiger partial charge in [0.2, 0.25) is 0 Å². The maximum Gasteiger partial charge on any atom is 0.0784 e. The van der Waals surface area contributed by atoms with E-state index >= 15 is 0 Å². The van der Waals surface area contributed by atoms with Crippen LogP contribution in [0.2, 0.25) is 6.04 Å². The lowest BCUT2D eigenvalue weighted by atomic mass is 10.0. The summed E-state index contributed by atoms with van der Waals surface area (Å²) in [5.74, 6) is 0. The van der Waals surface area contributed by atoms with Crippen LogP contribution in [-0.4, -0.2) is 41.4 Å².